The minimum atomic E-state index is -0.366. The van der Waals surface area contributed by atoms with Crippen molar-refractivity contribution >= 4 is 37.9 Å². The molecule has 0 saturated heterocycles. The van der Waals surface area contributed by atoms with Crippen LogP contribution in [0.3, 0.4) is 0 Å². The molecular weight excluding hydrogens is 220 g/mol. The van der Waals surface area contributed by atoms with Gasteiger partial charge in [0.15, 0.2) is 0 Å². The van der Waals surface area contributed by atoms with E-state index >= 15 is 0 Å². The van der Waals surface area contributed by atoms with Crippen LogP contribution in [0.25, 0.3) is 0 Å². The van der Waals surface area contributed by atoms with Crippen molar-refractivity contribution in [2.75, 3.05) is 6.61 Å². The molecule has 1 aliphatic rings. The molecule has 70 valence electrons. The van der Waals surface area contributed by atoms with Crippen LogP contribution < -0.4 is 4.74 Å². The van der Waals surface area contributed by atoms with E-state index in [0.29, 0.717) is 6.61 Å². The number of rotatable bonds is 0. The molecular formula is C9H10OS3. The van der Waals surface area contributed by atoms with Crippen molar-refractivity contribution in [1.29, 1.82) is 0 Å². The lowest BCUT2D eigenvalue weighted by molar-refractivity contribution is 0.280. The second-order valence-corrected chi connectivity index (χ2v) is 5.49. The molecule has 1 aliphatic heterocycles. The molecule has 0 unspecified atom stereocenters. The third kappa shape index (κ3) is 1.80. The number of hydrogen-bond donors (Lipinski definition) is 3. The Hall–Kier alpha value is 0.0700. The fourth-order valence-corrected chi connectivity index (χ4v) is 2.14. The zero-order chi connectivity index (χ0) is 9.47. The van der Waals surface area contributed by atoms with Crippen LogP contribution in [0.15, 0.2) is 23.1 Å². The molecule has 0 fully saturated rings. The normalized spacial score (nSPS) is 19.0. The molecule has 1 aromatic rings. The van der Waals surface area contributed by atoms with Crippen LogP contribution >= 0.6 is 37.9 Å². The van der Waals surface area contributed by atoms with E-state index in [1.54, 1.807) is 0 Å². The third-order valence-corrected chi connectivity index (χ3v) is 3.31. The van der Waals surface area contributed by atoms with Gasteiger partial charge in [0.05, 0.1) is 10.7 Å². The Labute approximate surface area is 94.1 Å². The average molecular weight is 230 g/mol. The highest BCUT2D eigenvalue weighted by atomic mass is 32.2. The minimum absolute atomic E-state index is 0.366. The van der Waals surface area contributed by atoms with E-state index in [-0.39, 0.29) is 4.08 Å². The van der Waals surface area contributed by atoms with E-state index < -0.39 is 0 Å². The maximum Gasteiger partial charge on any atom is 0.125 e. The molecule has 0 amide bonds. The molecule has 1 aromatic carbocycles. The van der Waals surface area contributed by atoms with Gasteiger partial charge >= 0.3 is 0 Å². The zero-order valence-corrected chi connectivity index (χ0v) is 9.58. The standard InChI is InChI=1S/C9H10OS3/c11-6-1-2-7-8(5-6)10-4-3-9(7,12)13/h1-2,5,11-13H,3-4H2. The molecule has 2 rings (SSSR count). The minimum Gasteiger partial charge on any atom is -0.493 e. The molecule has 0 N–H and O–H groups in total. The van der Waals surface area contributed by atoms with Crippen molar-refractivity contribution in [1.82, 2.24) is 0 Å². The molecule has 0 aliphatic carbocycles. The fourth-order valence-electron chi connectivity index (χ4n) is 1.40. The average Bonchev–Trinajstić information content (AvgIpc) is 2.02. The fraction of sp³-hybridized carbons (Fsp3) is 0.333. The van der Waals surface area contributed by atoms with E-state index in [4.69, 9.17) is 4.74 Å². The summed E-state index contributed by atoms with van der Waals surface area (Å²) in [6.45, 7) is 0.664. The van der Waals surface area contributed by atoms with Crippen molar-refractivity contribution in [2.45, 2.75) is 15.4 Å². The van der Waals surface area contributed by atoms with E-state index in [1.165, 1.54) is 0 Å². The van der Waals surface area contributed by atoms with Gasteiger partial charge < -0.3 is 4.74 Å². The SMILES string of the molecule is Sc1ccc2c(c1)OCCC2(S)S. The Kier molecular flexibility index (Phi) is 2.47. The molecule has 1 nitrogen and oxygen atoms in total. The first-order chi connectivity index (χ1) is 6.09. The highest BCUT2D eigenvalue weighted by Gasteiger charge is 2.30. The van der Waals surface area contributed by atoms with Gasteiger partial charge in [-0.25, -0.2) is 0 Å². The van der Waals surface area contributed by atoms with Gasteiger partial charge in [-0.3, -0.25) is 0 Å². The van der Waals surface area contributed by atoms with Crippen LogP contribution in [0.4, 0.5) is 0 Å². The molecule has 0 saturated carbocycles. The Morgan fingerprint density at radius 1 is 1.31 bits per heavy atom. The number of fused-ring (bicyclic) bond motifs is 1. The van der Waals surface area contributed by atoms with Crippen LogP contribution in [0.2, 0.25) is 0 Å². The number of ether oxygens (including phenoxy) is 1. The van der Waals surface area contributed by atoms with E-state index in [9.17, 15) is 0 Å². The van der Waals surface area contributed by atoms with E-state index in [1.807, 2.05) is 18.2 Å². The van der Waals surface area contributed by atoms with Crippen molar-refractivity contribution < 1.29 is 4.74 Å². The maximum absolute atomic E-state index is 5.49. The molecule has 0 aromatic heterocycles. The van der Waals surface area contributed by atoms with Crippen LogP contribution in [-0.4, -0.2) is 6.61 Å². The highest BCUT2D eigenvalue weighted by molar-refractivity contribution is 7.99. The summed E-state index contributed by atoms with van der Waals surface area (Å²) >= 11 is 13.2. The summed E-state index contributed by atoms with van der Waals surface area (Å²) in [6, 6.07) is 5.80. The summed E-state index contributed by atoms with van der Waals surface area (Å²) in [6.07, 6.45) is 0.818. The van der Waals surface area contributed by atoms with Gasteiger partial charge in [-0.05, 0) is 12.1 Å². The second kappa shape index (κ2) is 3.33. The summed E-state index contributed by atoms with van der Waals surface area (Å²) < 4.78 is 5.13. The predicted molar refractivity (Wildman–Crippen MR) is 63.5 cm³/mol. The number of thiol groups is 3. The van der Waals surface area contributed by atoms with Gasteiger partial charge in [0, 0.05) is 16.9 Å². The molecule has 1 heterocycles. The molecule has 0 spiro atoms. The first-order valence-corrected chi connectivity index (χ1v) is 5.35. The molecule has 13 heavy (non-hydrogen) atoms. The van der Waals surface area contributed by atoms with Crippen molar-refractivity contribution in [3.05, 3.63) is 23.8 Å². The van der Waals surface area contributed by atoms with Crippen molar-refractivity contribution in [3.63, 3.8) is 0 Å². The van der Waals surface area contributed by atoms with Crippen molar-refractivity contribution in [3.8, 4) is 5.75 Å². The quantitative estimate of drug-likeness (QED) is 0.459. The molecule has 4 heteroatoms. The lowest BCUT2D eigenvalue weighted by Gasteiger charge is -2.30. The van der Waals surface area contributed by atoms with E-state index in [0.717, 1.165) is 22.6 Å². The number of hydrogen-bond acceptors (Lipinski definition) is 4. The smallest absolute Gasteiger partial charge is 0.125 e. The largest absolute Gasteiger partial charge is 0.493 e. The Morgan fingerprint density at radius 2 is 2.08 bits per heavy atom. The summed E-state index contributed by atoms with van der Waals surface area (Å²) in [7, 11) is 0. The lowest BCUT2D eigenvalue weighted by atomic mass is 10.1. The number of benzene rings is 1. The third-order valence-electron chi connectivity index (χ3n) is 2.10. The summed E-state index contributed by atoms with van der Waals surface area (Å²) in [5, 5.41) is 0. The zero-order valence-electron chi connectivity index (χ0n) is 6.90. The van der Waals surface area contributed by atoms with E-state index in [2.05, 4.69) is 37.9 Å². The van der Waals surface area contributed by atoms with Gasteiger partial charge in [-0.15, -0.1) is 12.6 Å². The van der Waals surface area contributed by atoms with Crippen LogP contribution in [0.1, 0.15) is 12.0 Å². The Balaban J connectivity index is 2.53. The highest BCUT2D eigenvalue weighted by Crippen LogP contribution is 2.44. The van der Waals surface area contributed by atoms with Crippen molar-refractivity contribution in [2.24, 2.45) is 0 Å². The Bertz CT molecular complexity index is 336. The summed E-state index contributed by atoms with van der Waals surface area (Å²) in [5.74, 6) is 0.851. The van der Waals surface area contributed by atoms with Gasteiger partial charge in [-0.2, -0.15) is 25.3 Å². The van der Waals surface area contributed by atoms with Gasteiger partial charge in [0.1, 0.15) is 5.75 Å². The second-order valence-electron chi connectivity index (χ2n) is 3.10. The van der Waals surface area contributed by atoms with Gasteiger partial charge in [0.25, 0.3) is 0 Å². The Morgan fingerprint density at radius 3 is 2.85 bits per heavy atom. The van der Waals surface area contributed by atoms with Crippen LogP contribution in [-0.2, 0) is 4.08 Å². The molecule has 0 radical (unpaired) electrons. The van der Waals surface area contributed by atoms with Crippen LogP contribution in [0, 0.1) is 0 Å². The summed E-state index contributed by atoms with van der Waals surface area (Å²) in [4.78, 5) is 0.901. The first kappa shape index (κ1) is 9.62. The summed E-state index contributed by atoms with van der Waals surface area (Å²) in [5.41, 5.74) is 1.03. The predicted octanol–water partition coefficient (Wildman–Crippen LogP) is 2.77. The topological polar surface area (TPSA) is 9.23 Å². The lowest BCUT2D eigenvalue weighted by Crippen LogP contribution is -2.22. The monoisotopic (exact) mass is 230 g/mol. The molecule has 0 atom stereocenters. The van der Waals surface area contributed by atoms with Crippen LogP contribution in [0.5, 0.6) is 5.75 Å². The van der Waals surface area contributed by atoms with Gasteiger partial charge in [0.2, 0.25) is 0 Å². The molecule has 0 bridgehead atoms. The van der Waals surface area contributed by atoms with Gasteiger partial charge in [-0.1, -0.05) is 6.07 Å². The first-order valence-electron chi connectivity index (χ1n) is 4.01. The maximum atomic E-state index is 5.49.